The smallest absolute Gasteiger partial charge is 0.248 e. The molecule has 0 radical (unpaired) electrons. The van der Waals surface area contributed by atoms with Crippen LogP contribution in [0.3, 0.4) is 0 Å². The molecule has 5 heteroatoms. The van der Waals surface area contributed by atoms with E-state index in [2.05, 4.69) is 31.0 Å². The molecule has 5 nitrogen and oxygen atoms in total. The summed E-state index contributed by atoms with van der Waals surface area (Å²) in [5.41, 5.74) is 4.85. The van der Waals surface area contributed by atoms with Crippen LogP contribution in [0.15, 0.2) is 63.4 Å². The number of allylic oxidation sites excluding steroid dienone is 2. The number of pyridine rings is 1. The van der Waals surface area contributed by atoms with Crippen molar-refractivity contribution in [3.63, 3.8) is 0 Å². The Hall–Kier alpha value is -3.08. The Morgan fingerprint density at radius 1 is 1.34 bits per heavy atom. The number of phenols is 1. The number of rotatable bonds is 4. The summed E-state index contributed by atoms with van der Waals surface area (Å²) in [6, 6.07) is 8.76. The maximum Gasteiger partial charge on any atom is 0.248 e. The minimum absolute atomic E-state index is 0.0783. The zero-order valence-corrected chi connectivity index (χ0v) is 17.0. The van der Waals surface area contributed by atoms with Crippen LogP contribution in [0.5, 0.6) is 11.5 Å². The second-order valence-electron chi connectivity index (χ2n) is 7.74. The fourth-order valence-corrected chi connectivity index (χ4v) is 4.72. The van der Waals surface area contributed by atoms with E-state index in [0.29, 0.717) is 12.4 Å². The van der Waals surface area contributed by atoms with Crippen molar-refractivity contribution in [2.75, 3.05) is 6.61 Å². The van der Waals surface area contributed by atoms with Gasteiger partial charge in [-0.1, -0.05) is 17.7 Å². The van der Waals surface area contributed by atoms with Crippen LogP contribution in [0.2, 0.25) is 0 Å². The van der Waals surface area contributed by atoms with Crippen LogP contribution >= 0.6 is 0 Å². The zero-order chi connectivity index (χ0) is 20.6. The molecular formula is C24H26N2O3. The molecule has 4 rings (SSSR count). The summed E-state index contributed by atoms with van der Waals surface area (Å²) in [5.74, 6) is 0.801. The van der Waals surface area contributed by atoms with E-state index in [-0.39, 0.29) is 17.2 Å². The van der Waals surface area contributed by atoms with Gasteiger partial charge in [0.05, 0.1) is 6.61 Å². The number of hydrogen-bond acceptors (Lipinski definition) is 4. The van der Waals surface area contributed by atoms with Crippen LogP contribution in [0.1, 0.15) is 44.0 Å². The van der Waals surface area contributed by atoms with Crippen LogP contribution in [0.4, 0.5) is 0 Å². The normalized spacial score (nSPS) is 24.4. The minimum Gasteiger partial charge on any atom is -0.504 e. The minimum atomic E-state index is -0.528. The number of H-pyrrole nitrogens is 1. The molecule has 0 amide bonds. The Morgan fingerprint density at radius 3 is 2.93 bits per heavy atom. The van der Waals surface area contributed by atoms with Gasteiger partial charge in [-0.2, -0.15) is 0 Å². The van der Waals surface area contributed by atoms with Crippen molar-refractivity contribution in [2.45, 2.75) is 39.2 Å². The van der Waals surface area contributed by atoms with Gasteiger partial charge in [0.15, 0.2) is 11.5 Å². The maximum absolute atomic E-state index is 11.9. The molecular weight excluding hydrogens is 364 g/mol. The van der Waals surface area contributed by atoms with E-state index >= 15 is 0 Å². The number of aromatic hydroxyl groups is 1. The third kappa shape index (κ3) is 3.31. The average molecular weight is 390 g/mol. The Balaban J connectivity index is 1.85. The predicted molar refractivity (Wildman–Crippen MR) is 115 cm³/mol. The molecule has 0 saturated heterocycles. The first-order valence-corrected chi connectivity index (χ1v) is 10.0. The fraction of sp³-hybridized carbons (Fsp3) is 0.333. The van der Waals surface area contributed by atoms with E-state index < -0.39 is 5.54 Å². The van der Waals surface area contributed by atoms with Crippen molar-refractivity contribution in [1.29, 1.82) is 0 Å². The van der Waals surface area contributed by atoms with Crippen molar-refractivity contribution in [2.24, 2.45) is 10.9 Å². The monoisotopic (exact) mass is 390 g/mol. The number of nitrogens with zero attached hydrogens (tertiary/aromatic N) is 1. The molecule has 2 aliphatic rings. The number of phenolic OH excluding ortho intramolecular Hbond substituents is 1. The molecule has 0 fully saturated rings. The molecule has 0 spiro atoms. The van der Waals surface area contributed by atoms with Gasteiger partial charge in [0.25, 0.3) is 0 Å². The first kappa shape index (κ1) is 19.2. The Kier molecular flexibility index (Phi) is 4.91. The molecule has 0 unspecified atom stereocenters. The number of benzene rings is 1. The van der Waals surface area contributed by atoms with Gasteiger partial charge < -0.3 is 14.8 Å². The molecule has 2 atom stereocenters. The van der Waals surface area contributed by atoms with Crippen molar-refractivity contribution < 1.29 is 9.84 Å². The highest BCUT2D eigenvalue weighted by Crippen LogP contribution is 2.51. The van der Waals surface area contributed by atoms with Crippen molar-refractivity contribution >= 4 is 6.21 Å². The summed E-state index contributed by atoms with van der Waals surface area (Å²) in [5, 5.41) is 9.97. The molecule has 2 bridgehead atoms. The summed E-state index contributed by atoms with van der Waals surface area (Å²) in [4.78, 5) is 20.1. The summed E-state index contributed by atoms with van der Waals surface area (Å²) in [6.45, 7) is 6.57. The first-order valence-electron chi connectivity index (χ1n) is 10.0. The third-order valence-electron chi connectivity index (χ3n) is 5.80. The molecule has 1 heterocycles. The summed E-state index contributed by atoms with van der Waals surface area (Å²) >= 11 is 0. The molecule has 0 saturated carbocycles. The summed E-state index contributed by atoms with van der Waals surface area (Å²) in [6.07, 6.45) is 7.87. The van der Waals surface area contributed by atoms with E-state index in [1.807, 2.05) is 25.3 Å². The number of aromatic nitrogens is 1. The quantitative estimate of drug-likeness (QED) is 0.605. The molecule has 1 aromatic carbocycles. The van der Waals surface area contributed by atoms with E-state index in [0.717, 1.165) is 29.7 Å². The molecule has 2 aliphatic carbocycles. The Labute approximate surface area is 170 Å². The standard InChI is InChI=1S/C24H26N2O3/c1-4-18-17-10-15(3)13-24(18,19-7-9-23(28)26-20(19)12-17)25-14-16-6-8-21(27)22(11-16)29-5-2/h4,6-11,14,17,27H,5,12-13H2,1-3H3,(H,26,28)/b18-4+,25-14?/t17-,24+/m0/s1. The van der Waals surface area contributed by atoms with Crippen LogP contribution in [0, 0.1) is 5.92 Å². The molecule has 2 aromatic rings. The lowest BCUT2D eigenvalue weighted by molar-refractivity contribution is 0.318. The highest BCUT2D eigenvalue weighted by atomic mass is 16.5. The van der Waals surface area contributed by atoms with Gasteiger partial charge in [0.2, 0.25) is 5.56 Å². The first-order chi connectivity index (χ1) is 14.0. The number of aromatic amines is 1. The van der Waals surface area contributed by atoms with Crippen LogP contribution in [-0.2, 0) is 12.0 Å². The lowest BCUT2D eigenvalue weighted by Gasteiger charge is -2.45. The SMILES string of the molecule is C/C=C1\[C@H]2C=C(C)C[C@]1(N=Cc1ccc(O)c(OCC)c1)c1ccc(=O)[nH]c1C2. The van der Waals surface area contributed by atoms with Gasteiger partial charge in [-0.05, 0) is 62.6 Å². The van der Waals surface area contributed by atoms with E-state index in [4.69, 9.17) is 9.73 Å². The summed E-state index contributed by atoms with van der Waals surface area (Å²) < 4.78 is 5.51. The zero-order valence-electron chi connectivity index (χ0n) is 17.0. The predicted octanol–water partition coefficient (Wildman–Crippen LogP) is 4.26. The lowest BCUT2D eigenvalue weighted by atomic mass is 9.63. The number of hydrogen-bond donors (Lipinski definition) is 2. The van der Waals surface area contributed by atoms with Gasteiger partial charge in [-0.3, -0.25) is 9.79 Å². The van der Waals surface area contributed by atoms with Gasteiger partial charge in [0, 0.05) is 35.9 Å². The Morgan fingerprint density at radius 2 is 2.17 bits per heavy atom. The van der Waals surface area contributed by atoms with Crippen molar-refractivity contribution in [3.05, 3.63) is 80.8 Å². The average Bonchev–Trinajstić information content (AvgIpc) is 2.68. The van der Waals surface area contributed by atoms with E-state index in [9.17, 15) is 9.90 Å². The molecule has 150 valence electrons. The largest absolute Gasteiger partial charge is 0.504 e. The van der Waals surface area contributed by atoms with Gasteiger partial charge in [-0.15, -0.1) is 0 Å². The molecule has 29 heavy (non-hydrogen) atoms. The fourth-order valence-electron chi connectivity index (χ4n) is 4.72. The van der Waals surface area contributed by atoms with Crippen LogP contribution in [-0.4, -0.2) is 22.9 Å². The van der Waals surface area contributed by atoms with Gasteiger partial charge in [-0.25, -0.2) is 0 Å². The van der Waals surface area contributed by atoms with Gasteiger partial charge in [0.1, 0.15) is 5.54 Å². The van der Waals surface area contributed by atoms with Crippen molar-refractivity contribution in [1.82, 2.24) is 4.98 Å². The molecule has 1 aromatic heterocycles. The maximum atomic E-state index is 11.9. The number of nitrogens with one attached hydrogen (secondary N) is 1. The number of aliphatic imine (C=N–C) groups is 1. The summed E-state index contributed by atoms with van der Waals surface area (Å²) in [7, 11) is 0. The number of fused-ring (bicyclic) bond motifs is 4. The van der Waals surface area contributed by atoms with E-state index in [1.165, 1.54) is 11.1 Å². The lowest BCUT2D eigenvalue weighted by Crippen LogP contribution is -2.40. The highest BCUT2D eigenvalue weighted by molar-refractivity contribution is 5.82. The molecule has 0 aliphatic heterocycles. The number of ether oxygens (including phenoxy) is 1. The Bertz CT molecular complexity index is 1090. The topological polar surface area (TPSA) is 74.7 Å². The molecule has 2 N–H and O–H groups in total. The second kappa shape index (κ2) is 7.39. The van der Waals surface area contributed by atoms with Crippen LogP contribution < -0.4 is 10.3 Å². The van der Waals surface area contributed by atoms with Crippen LogP contribution in [0.25, 0.3) is 0 Å². The third-order valence-corrected chi connectivity index (χ3v) is 5.80. The highest BCUT2D eigenvalue weighted by Gasteiger charge is 2.46. The van der Waals surface area contributed by atoms with E-state index in [1.54, 1.807) is 18.2 Å². The second-order valence-corrected chi connectivity index (χ2v) is 7.74. The van der Waals surface area contributed by atoms with Crippen molar-refractivity contribution in [3.8, 4) is 11.5 Å². The van der Waals surface area contributed by atoms with Gasteiger partial charge >= 0.3 is 0 Å².